The highest BCUT2D eigenvalue weighted by molar-refractivity contribution is 6.09. The SMILES string of the molecule is CC(C)N1C(=O)C(C)(C)c2cc(N)c(N)cc21.CC(C)N1C(=O)C(C)(C)c2cc(N)c(N)cc21. The summed E-state index contributed by atoms with van der Waals surface area (Å²) in [5.41, 5.74) is 28.1. The second-order valence-corrected chi connectivity index (χ2v) is 10.8. The van der Waals surface area contributed by atoms with Crippen LogP contribution in [0.3, 0.4) is 0 Å². The van der Waals surface area contributed by atoms with Gasteiger partial charge in [0.15, 0.2) is 0 Å². The highest BCUT2D eigenvalue weighted by Crippen LogP contribution is 2.46. The Hall–Kier alpha value is -3.42. The molecule has 4 rings (SSSR count). The summed E-state index contributed by atoms with van der Waals surface area (Å²) in [5.74, 6) is 0.208. The molecule has 2 aromatic rings. The number of nitrogens with zero attached hydrogens (tertiary/aromatic N) is 2. The summed E-state index contributed by atoms with van der Waals surface area (Å²) in [4.78, 5) is 28.4. The Balaban J connectivity index is 0.000000191. The summed E-state index contributed by atoms with van der Waals surface area (Å²) in [6.45, 7) is 15.7. The molecule has 0 aliphatic carbocycles. The maximum atomic E-state index is 12.4. The fourth-order valence-electron chi connectivity index (χ4n) is 4.72. The Labute approximate surface area is 202 Å². The first-order valence-corrected chi connectivity index (χ1v) is 11.6. The largest absolute Gasteiger partial charge is 0.397 e. The van der Waals surface area contributed by atoms with Gasteiger partial charge < -0.3 is 32.7 Å². The predicted molar refractivity (Wildman–Crippen MR) is 142 cm³/mol. The molecule has 2 amide bonds. The van der Waals surface area contributed by atoms with Crippen molar-refractivity contribution in [1.82, 2.24) is 0 Å². The van der Waals surface area contributed by atoms with Crippen molar-refractivity contribution >= 4 is 45.9 Å². The van der Waals surface area contributed by atoms with Crippen molar-refractivity contribution in [3.8, 4) is 0 Å². The molecule has 8 nitrogen and oxygen atoms in total. The van der Waals surface area contributed by atoms with E-state index in [4.69, 9.17) is 22.9 Å². The summed E-state index contributed by atoms with van der Waals surface area (Å²) in [7, 11) is 0. The smallest absolute Gasteiger partial charge is 0.237 e. The first-order valence-electron chi connectivity index (χ1n) is 11.6. The van der Waals surface area contributed by atoms with Gasteiger partial charge in [0.25, 0.3) is 0 Å². The Morgan fingerprint density at radius 2 is 0.853 bits per heavy atom. The van der Waals surface area contributed by atoms with Crippen LogP contribution in [0.5, 0.6) is 0 Å². The number of rotatable bonds is 2. The van der Waals surface area contributed by atoms with Crippen molar-refractivity contribution in [3.63, 3.8) is 0 Å². The molecule has 2 aromatic carbocycles. The zero-order valence-electron chi connectivity index (χ0n) is 21.5. The van der Waals surface area contributed by atoms with Crippen LogP contribution in [-0.4, -0.2) is 23.9 Å². The van der Waals surface area contributed by atoms with Crippen molar-refractivity contribution in [2.75, 3.05) is 32.7 Å². The van der Waals surface area contributed by atoms with E-state index in [2.05, 4.69) is 0 Å². The fraction of sp³-hybridized carbons (Fsp3) is 0.462. The van der Waals surface area contributed by atoms with Gasteiger partial charge in [0, 0.05) is 12.1 Å². The number of carbonyl (C=O) groups excluding carboxylic acids is 2. The number of nitrogens with two attached hydrogens (primary N) is 4. The number of hydrogen-bond donors (Lipinski definition) is 4. The fourth-order valence-corrected chi connectivity index (χ4v) is 4.72. The van der Waals surface area contributed by atoms with Gasteiger partial charge in [-0.05, 0) is 90.8 Å². The molecule has 0 spiro atoms. The zero-order valence-corrected chi connectivity index (χ0v) is 21.5. The van der Waals surface area contributed by atoms with Crippen LogP contribution in [0.1, 0.15) is 66.5 Å². The topological polar surface area (TPSA) is 145 Å². The Morgan fingerprint density at radius 1 is 0.588 bits per heavy atom. The van der Waals surface area contributed by atoms with Crippen molar-refractivity contribution in [2.45, 2.75) is 78.3 Å². The molecule has 0 aromatic heterocycles. The molecule has 2 aliphatic heterocycles. The predicted octanol–water partition coefficient (Wildman–Crippen LogP) is 3.77. The molecule has 0 unspecified atom stereocenters. The molecular weight excluding hydrogens is 428 g/mol. The van der Waals surface area contributed by atoms with E-state index in [1.165, 1.54) is 0 Å². The van der Waals surface area contributed by atoms with Crippen molar-refractivity contribution in [1.29, 1.82) is 0 Å². The van der Waals surface area contributed by atoms with Gasteiger partial charge in [-0.1, -0.05) is 0 Å². The highest BCUT2D eigenvalue weighted by atomic mass is 16.2. The normalized spacial score (nSPS) is 17.7. The Bertz CT molecular complexity index is 1070. The standard InChI is InChI=1S/2C13H19N3O/c2*1-7(2)16-11-6-10(15)9(14)5-8(11)13(3,4)12(16)17/h2*5-7H,14-15H2,1-4H3. The lowest BCUT2D eigenvalue weighted by Crippen LogP contribution is -2.40. The molecule has 8 heteroatoms. The summed E-state index contributed by atoms with van der Waals surface area (Å²) in [6, 6.07) is 7.49. The number of nitrogen functional groups attached to an aromatic ring is 4. The van der Waals surface area contributed by atoms with Crippen LogP contribution in [0.2, 0.25) is 0 Å². The van der Waals surface area contributed by atoms with Crippen LogP contribution in [0.15, 0.2) is 24.3 Å². The first-order chi connectivity index (χ1) is 15.5. The van der Waals surface area contributed by atoms with Crippen LogP contribution in [0.4, 0.5) is 34.1 Å². The van der Waals surface area contributed by atoms with E-state index >= 15 is 0 Å². The zero-order chi connectivity index (χ0) is 25.9. The third-order valence-corrected chi connectivity index (χ3v) is 6.81. The van der Waals surface area contributed by atoms with E-state index < -0.39 is 10.8 Å². The summed E-state index contributed by atoms with van der Waals surface area (Å²) >= 11 is 0. The molecule has 34 heavy (non-hydrogen) atoms. The summed E-state index contributed by atoms with van der Waals surface area (Å²) in [6.07, 6.45) is 0. The van der Waals surface area contributed by atoms with Gasteiger partial charge in [-0.15, -0.1) is 0 Å². The number of anilines is 6. The van der Waals surface area contributed by atoms with Gasteiger partial charge >= 0.3 is 0 Å². The highest BCUT2D eigenvalue weighted by Gasteiger charge is 2.46. The second-order valence-electron chi connectivity index (χ2n) is 10.8. The van der Waals surface area contributed by atoms with Gasteiger partial charge in [-0.25, -0.2) is 0 Å². The maximum absolute atomic E-state index is 12.4. The van der Waals surface area contributed by atoms with Crippen molar-refractivity contribution < 1.29 is 9.59 Å². The van der Waals surface area contributed by atoms with Crippen molar-refractivity contribution in [2.24, 2.45) is 0 Å². The molecular formula is C26H38N6O2. The number of hydrogen-bond acceptors (Lipinski definition) is 6. The second kappa shape index (κ2) is 8.11. The average molecular weight is 467 g/mol. The average Bonchev–Trinajstić information content (AvgIpc) is 3.02. The van der Waals surface area contributed by atoms with E-state index in [0.717, 1.165) is 22.5 Å². The van der Waals surface area contributed by atoms with Crippen LogP contribution < -0.4 is 32.7 Å². The van der Waals surface area contributed by atoms with E-state index in [1.807, 2.05) is 67.5 Å². The first kappa shape index (κ1) is 25.2. The Kier molecular flexibility index (Phi) is 6.01. The molecule has 0 fully saturated rings. The summed E-state index contributed by atoms with van der Waals surface area (Å²) < 4.78 is 0. The van der Waals surface area contributed by atoms with E-state index in [1.54, 1.807) is 21.9 Å². The maximum Gasteiger partial charge on any atom is 0.237 e. The molecule has 8 N–H and O–H groups in total. The molecule has 0 radical (unpaired) electrons. The number of benzene rings is 2. The monoisotopic (exact) mass is 466 g/mol. The minimum Gasteiger partial charge on any atom is -0.397 e. The van der Waals surface area contributed by atoms with Crippen LogP contribution >= 0.6 is 0 Å². The van der Waals surface area contributed by atoms with Gasteiger partial charge in [-0.3, -0.25) is 9.59 Å². The van der Waals surface area contributed by atoms with Crippen LogP contribution in [-0.2, 0) is 20.4 Å². The minimum atomic E-state index is -0.526. The van der Waals surface area contributed by atoms with E-state index in [-0.39, 0.29) is 23.9 Å². The van der Waals surface area contributed by atoms with E-state index in [0.29, 0.717) is 22.7 Å². The van der Waals surface area contributed by atoms with Crippen LogP contribution in [0, 0.1) is 0 Å². The molecule has 0 bridgehead atoms. The quantitative estimate of drug-likeness (QED) is 0.496. The van der Waals surface area contributed by atoms with Gasteiger partial charge in [0.05, 0.1) is 45.0 Å². The van der Waals surface area contributed by atoms with Gasteiger partial charge in [-0.2, -0.15) is 0 Å². The van der Waals surface area contributed by atoms with Crippen LogP contribution in [0.25, 0.3) is 0 Å². The molecule has 2 aliphatic rings. The number of carbonyl (C=O) groups is 2. The molecule has 184 valence electrons. The van der Waals surface area contributed by atoms with Crippen molar-refractivity contribution in [3.05, 3.63) is 35.4 Å². The molecule has 0 saturated heterocycles. The lowest BCUT2D eigenvalue weighted by atomic mass is 9.86. The third-order valence-electron chi connectivity index (χ3n) is 6.81. The van der Waals surface area contributed by atoms with Gasteiger partial charge in [0.2, 0.25) is 11.8 Å². The molecule has 0 atom stereocenters. The number of amides is 2. The van der Waals surface area contributed by atoms with E-state index in [9.17, 15) is 9.59 Å². The summed E-state index contributed by atoms with van der Waals surface area (Å²) in [5, 5.41) is 0. The van der Waals surface area contributed by atoms with Gasteiger partial charge in [0.1, 0.15) is 0 Å². The lowest BCUT2D eigenvalue weighted by molar-refractivity contribution is -0.123. The Morgan fingerprint density at radius 3 is 1.12 bits per heavy atom. The third kappa shape index (κ3) is 3.71. The minimum absolute atomic E-state index is 0.104. The molecule has 2 heterocycles. The molecule has 0 saturated carbocycles. The lowest BCUT2D eigenvalue weighted by Gasteiger charge is -2.24. The number of fused-ring (bicyclic) bond motifs is 2.